The number of hydrogen-bond acceptors (Lipinski definition) is 5. The summed E-state index contributed by atoms with van der Waals surface area (Å²) in [7, 11) is 0. The molecule has 1 saturated heterocycles. The fourth-order valence-electron chi connectivity index (χ4n) is 3.68. The van der Waals surface area contributed by atoms with Crippen LogP contribution in [-0.2, 0) is 9.53 Å². The fourth-order valence-corrected chi connectivity index (χ4v) is 3.68. The zero-order valence-corrected chi connectivity index (χ0v) is 15.6. The summed E-state index contributed by atoms with van der Waals surface area (Å²) in [5.74, 6) is -2.47. The van der Waals surface area contributed by atoms with Crippen LogP contribution in [-0.4, -0.2) is 42.9 Å². The molecule has 3 aliphatic heterocycles. The van der Waals surface area contributed by atoms with E-state index in [1.54, 1.807) is 6.92 Å². The minimum absolute atomic E-state index is 0.0564. The number of ether oxygens (including phenoxy) is 1. The summed E-state index contributed by atoms with van der Waals surface area (Å²) in [6.45, 7) is 3.47. The van der Waals surface area contributed by atoms with E-state index in [0.717, 1.165) is 54.5 Å². The van der Waals surface area contributed by atoms with Crippen molar-refractivity contribution in [3.63, 3.8) is 0 Å². The molecule has 2 atom stereocenters. The van der Waals surface area contributed by atoms with E-state index in [-0.39, 0.29) is 24.4 Å². The molecule has 3 heterocycles. The Morgan fingerprint density at radius 1 is 1.29 bits per heavy atom. The van der Waals surface area contributed by atoms with Gasteiger partial charge in [0.2, 0.25) is 0 Å². The lowest BCUT2D eigenvalue weighted by molar-refractivity contribution is -0.161. The number of dihydropyridines is 1. The van der Waals surface area contributed by atoms with Gasteiger partial charge in [0.1, 0.15) is 5.82 Å². The molecule has 2 unspecified atom stereocenters. The molecule has 3 aliphatic rings. The molecule has 0 spiro atoms. The minimum atomic E-state index is -0.849. The Kier molecular flexibility index (Phi) is 5.32. The monoisotopic (exact) mass is 391 g/mol. The lowest BCUT2D eigenvalue weighted by Gasteiger charge is -2.38. The van der Waals surface area contributed by atoms with E-state index in [9.17, 15) is 13.6 Å². The van der Waals surface area contributed by atoms with Crippen LogP contribution in [0.4, 0.5) is 8.78 Å². The second-order valence-corrected chi connectivity index (χ2v) is 7.24. The first-order chi connectivity index (χ1) is 13.5. The van der Waals surface area contributed by atoms with Gasteiger partial charge in [-0.25, -0.2) is 8.78 Å². The molecule has 1 aromatic carbocycles. The van der Waals surface area contributed by atoms with Gasteiger partial charge in [-0.3, -0.25) is 10.1 Å². The number of rotatable bonds is 4. The van der Waals surface area contributed by atoms with E-state index in [0.29, 0.717) is 6.04 Å². The number of carbonyl (C=O) groups is 1. The summed E-state index contributed by atoms with van der Waals surface area (Å²) in [6, 6.07) is 3.37. The smallest absolute Gasteiger partial charge is 0.264 e. The first kappa shape index (κ1) is 18.9. The quantitative estimate of drug-likeness (QED) is 0.824. The van der Waals surface area contributed by atoms with Gasteiger partial charge in [0.05, 0.1) is 18.6 Å². The Bertz CT molecular complexity index is 821. The first-order valence-electron chi connectivity index (χ1n) is 9.47. The first-order valence-corrected chi connectivity index (χ1v) is 9.47. The molecule has 0 radical (unpaired) electrons. The molecular weight excluding hydrogens is 368 g/mol. The number of hydrogen-bond donors (Lipinski definition) is 2. The van der Waals surface area contributed by atoms with Crippen LogP contribution in [0.1, 0.15) is 19.8 Å². The predicted octanol–water partition coefficient (Wildman–Crippen LogP) is 2.25. The molecule has 0 bridgehead atoms. The second-order valence-electron chi connectivity index (χ2n) is 7.24. The van der Waals surface area contributed by atoms with Crippen LogP contribution in [0.3, 0.4) is 0 Å². The van der Waals surface area contributed by atoms with Crippen molar-refractivity contribution in [2.45, 2.75) is 32.0 Å². The van der Waals surface area contributed by atoms with Crippen LogP contribution in [0.2, 0.25) is 0 Å². The average molecular weight is 391 g/mol. The van der Waals surface area contributed by atoms with Crippen molar-refractivity contribution < 1.29 is 23.1 Å². The summed E-state index contributed by atoms with van der Waals surface area (Å²) in [5.41, 5.74) is 1.75. The molecule has 150 valence electrons. The van der Waals surface area contributed by atoms with Gasteiger partial charge >= 0.3 is 0 Å². The van der Waals surface area contributed by atoms with Crippen LogP contribution in [0.5, 0.6) is 5.75 Å². The summed E-state index contributed by atoms with van der Waals surface area (Å²) >= 11 is 0. The van der Waals surface area contributed by atoms with Gasteiger partial charge in [0.15, 0.2) is 11.6 Å². The number of nitrogens with zero attached hydrogens (tertiary/aromatic N) is 1. The zero-order valence-electron chi connectivity index (χ0n) is 15.6. The fraction of sp³-hybridized carbons (Fsp3) is 0.450. The number of halogens is 2. The van der Waals surface area contributed by atoms with E-state index in [4.69, 9.17) is 9.57 Å². The van der Waals surface area contributed by atoms with E-state index in [1.807, 2.05) is 12.2 Å². The Hall–Kier alpha value is -2.45. The van der Waals surface area contributed by atoms with Crippen molar-refractivity contribution in [1.29, 1.82) is 0 Å². The minimum Gasteiger partial charge on any atom is -0.381 e. The predicted molar refractivity (Wildman–Crippen MR) is 97.9 cm³/mol. The standard InChI is InChI=1S/C20H23F2N3O3/c1-12-19-13(2-5-18(24-19)23-15-6-8-27-9-7-15)11-25(20(12)26)28-17-4-3-14(21)10-16(17)22/h2-5,10,12,15,18,23-24H,6-9,11H2,1H3. The number of benzene rings is 1. The highest BCUT2D eigenvalue weighted by molar-refractivity contribution is 5.83. The molecule has 4 rings (SSSR count). The maximum atomic E-state index is 13.9. The Balaban J connectivity index is 1.44. The Morgan fingerprint density at radius 3 is 2.82 bits per heavy atom. The SMILES string of the molecule is CC1C(=O)N(Oc2ccc(F)cc2F)CC2=C1NC(NC1CCOCC1)C=C2. The Labute approximate surface area is 162 Å². The topological polar surface area (TPSA) is 62.8 Å². The van der Waals surface area contributed by atoms with Crippen molar-refractivity contribution in [3.8, 4) is 5.75 Å². The lowest BCUT2D eigenvalue weighted by atomic mass is 9.94. The molecule has 8 heteroatoms. The van der Waals surface area contributed by atoms with Crippen LogP contribution in [0, 0.1) is 17.6 Å². The summed E-state index contributed by atoms with van der Waals surface area (Å²) in [5, 5.41) is 8.06. The third kappa shape index (κ3) is 3.88. The summed E-state index contributed by atoms with van der Waals surface area (Å²) < 4.78 is 32.3. The molecular formula is C20H23F2N3O3. The normalized spacial score (nSPS) is 25.5. The summed E-state index contributed by atoms with van der Waals surface area (Å²) in [4.78, 5) is 18.2. The average Bonchev–Trinajstić information content (AvgIpc) is 2.69. The molecule has 0 aromatic heterocycles. The van der Waals surface area contributed by atoms with Gasteiger partial charge in [0, 0.05) is 31.0 Å². The molecule has 6 nitrogen and oxygen atoms in total. The van der Waals surface area contributed by atoms with Gasteiger partial charge < -0.3 is 14.9 Å². The highest BCUT2D eigenvalue weighted by Gasteiger charge is 2.35. The van der Waals surface area contributed by atoms with Gasteiger partial charge in [-0.05, 0) is 43.5 Å². The summed E-state index contributed by atoms with van der Waals surface area (Å²) in [6.07, 6.45) is 5.82. The van der Waals surface area contributed by atoms with Crippen molar-refractivity contribution in [2.24, 2.45) is 5.92 Å². The van der Waals surface area contributed by atoms with Crippen molar-refractivity contribution in [2.75, 3.05) is 19.8 Å². The van der Waals surface area contributed by atoms with Crippen LogP contribution >= 0.6 is 0 Å². The van der Waals surface area contributed by atoms with Crippen LogP contribution < -0.4 is 15.5 Å². The Morgan fingerprint density at radius 2 is 2.07 bits per heavy atom. The molecule has 0 aliphatic carbocycles. The number of carbonyl (C=O) groups excluding carboxylic acids is 1. The second kappa shape index (κ2) is 7.89. The lowest BCUT2D eigenvalue weighted by Crippen LogP contribution is -2.53. The van der Waals surface area contributed by atoms with E-state index in [1.165, 1.54) is 6.07 Å². The number of amides is 1. The maximum Gasteiger partial charge on any atom is 0.264 e. The van der Waals surface area contributed by atoms with Crippen molar-refractivity contribution >= 4 is 5.91 Å². The molecule has 28 heavy (non-hydrogen) atoms. The van der Waals surface area contributed by atoms with Gasteiger partial charge in [-0.2, -0.15) is 5.06 Å². The maximum absolute atomic E-state index is 13.9. The van der Waals surface area contributed by atoms with E-state index in [2.05, 4.69) is 10.6 Å². The molecule has 2 N–H and O–H groups in total. The van der Waals surface area contributed by atoms with Crippen molar-refractivity contribution in [1.82, 2.24) is 15.7 Å². The zero-order chi connectivity index (χ0) is 19.7. The van der Waals surface area contributed by atoms with Crippen molar-refractivity contribution in [3.05, 3.63) is 53.3 Å². The number of nitrogens with one attached hydrogen (secondary N) is 2. The highest BCUT2D eigenvalue weighted by Crippen LogP contribution is 2.28. The van der Waals surface area contributed by atoms with Gasteiger partial charge in [-0.1, -0.05) is 6.08 Å². The number of hydroxylamine groups is 2. The largest absolute Gasteiger partial charge is 0.381 e. The molecule has 1 amide bonds. The molecule has 0 saturated carbocycles. The van der Waals surface area contributed by atoms with Gasteiger partial charge in [0.25, 0.3) is 5.91 Å². The highest BCUT2D eigenvalue weighted by atomic mass is 19.1. The molecule has 1 fully saturated rings. The third-order valence-corrected chi connectivity index (χ3v) is 5.25. The van der Waals surface area contributed by atoms with E-state index >= 15 is 0 Å². The van der Waals surface area contributed by atoms with Crippen LogP contribution in [0.25, 0.3) is 0 Å². The van der Waals surface area contributed by atoms with Crippen LogP contribution in [0.15, 0.2) is 41.6 Å². The van der Waals surface area contributed by atoms with E-state index < -0.39 is 17.6 Å². The third-order valence-electron chi connectivity index (χ3n) is 5.25. The molecule has 1 aromatic rings. The van der Waals surface area contributed by atoms with Gasteiger partial charge in [-0.15, -0.1) is 0 Å².